The molecule has 0 aliphatic rings. The average molecular weight is 386 g/mol. The lowest BCUT2D eigenvalue weighted by atomic mass is 10.2. The maximum atomic E-state index is 13.3. The standard InChI is InChI=1S/C18H11FN2O7/c19-12-6-5-10(7-13(12)21(25)26)20-17(23)9-27-18(24)16-8-14(22)11-3-1-2-4-15(11)28-16/h1-8H,9H2,(H,20,23). The van der Waals surface area contributed by atoms with Crippen molar-refractivity contribution in [2.75, 3.05) is 11.9 Å². The summed E-state index contributed by atoms with van der Waals surface area (Å²) >= 11 is 0. The molecule has 3 aromatic rings. The van der Waals surface area contributed by atoms with Crippen LogP contribution in [-0.2, 0) is 9.53 Å². The SMILES string of the molecule is O=C(COC(=O)c1cc(=O)c2ccccc2o1)Nc1ccc(F)c([N+](=O)[O-])c1. The Kier molecular flexibility index (Phi) is 5.12. The molecule has 142 valence electrons. The van der Waals surface area contributed by atoms with Crippen LogP contribution < -0.4 is 10.7 Å². The molecule has 1 heterocycles. The van der Waals surface area contributed by atoms with Gasteiger partial charge in [0.2, 0.25) is 11.6 Å². The maximum absolute atomic E-state index is 13.3. The fourth-order valence-electron chi connectivity index (χ4n) is 2.33. The second kappa shape index (κ2) is 7.66. The molecule has 3 rings (SSSR count). The van der Waals surface area contributed by atoms with Crippen molar-refractivity contribution in [2.24, 2.45) is 0 Å². The number of nitrogens with one attached hydrogen (secondary N) is 1. The molecular formula is C18H11FN2O7. The highest BCUT2D eigenvalue weighted by atomic mass is 19.1. The lowest BCUT2D eigenvalue weighted by Gasteiger charge is -2.07. The molecule has 0 spiro atoms. The number of halogens is 1. The third-order valence-electron chi connectivity index (χ3n) is 3.60. The van der Waals surface area contributed by atoms with Crippen LogP contribution in [0.2, 0.25) is 0 Å². The summed E-state index contributed by atoms with van der Waals surface area (Å²) in [6.07, 6.45) is 0. The topological polar surface area (TPSA) is 129 Å². The molecule has 0 saturated carbocycles. The van der Waals surface area contributed by atoms with Crippen LogP contribution in [0.4, 0.5) is 15.8 Å². The van der Waals surface area contributed by atoms with E-state index in [-0.39, 0.29) is 22.4 Å². The predicted molar refractivity (Wildman–Crippen MR) is 94.5 cm³/mol. The molecule has 10 heteroatoms. The van der Waals surface area contributed by atoms with Gasteiger partial charge in [-0.2, -0.15) is 4.39 Å². The molecule has 0 aliphatic heterocycles. The van der Waals surface area contributed by atoms with E-state index in [1.807, 2.05) is 0 Å². The Morgan fingerprint density at radius 3 is 2.68 bits per heavy atom. The van der Waals surface area contributed by atoms with Gasteiger partial charge in [-0.1, -0.05) is 12.1 Å². The van der Waals surface area contributed by atoms with E-state index < -0.39 is 40.3 Å². The Labute approximate surface area is 155 Å². The van der Waals surface area contributed by atoms with Gasteiger partial charge in [0.1, 0.15) is 5.58 Å². The number of amides is 1. The van der Waals surface area contributed by atoms with Gasteiger partial charge in [-0.25, -0.2) is 4.79 Å². The lowest BCUT2D eigenvalue weighted by molar-refractivity contribution is -0.387. The minimum Gasteiger partial charge on any atom is -0.450 e. The number of ether oxygens (including phenoxy) is 1. The second-order valence-electron chi connectivity index (χ2n) is 5.52. The lowest BCUT2D eigenvalue weighted by Crippen LogP contribution is -2.21. The molecule has 0 fully saturated rings. The predicted octanol–water partition coefficient (Wildman–Crippen LogP) is 2.64. The molecule has 9 nitrogen and oxygen atoms in total. The van der Waals surface area contributed by atoms with Crippen molar-refractivity contribution in [1.82, 2.24) is 0 Å². The van der Waals surface area contributed by atoms with Crippen LogP contribution in [0, 0.1) is 15.9 Å². The van der Waals surface area contributed by atoms with Gasteiger partial charge in [0.15, 0.2) is 12.0 Å². The fraction of sp³-hybridized carbons (Fsp3) is 0.0556. The zero-order valence-electron chi connectivity index (χ0n) is 14.0. The van der Waals surface area contributed by atoms with E-state index in [4.69, 9.17) is 9.15 Å². The molecule has 0 unspecified atom stereocenters. The smallest absolute Gasteiger partial charge is 0.374 e. The van der Waals surface area contributed by atoms with Crippen molar-refractivity contribution in [3.63, 3.8) is 0 Å². The molecule has 1 amide bonds. The van der Waals surface area contributed by atoms with Crippen molar-refractivity contribution in [3.05, 3.63) is 80.4 Å². The number of rotatable bonds is 5. The molecule has 0 atom stereocenters. The van der Waals surface area contributed by atoms with E-state index in [2.05, 4.69) is 5.32 Å². The number of benzene rings is 2. The Hall–Kier alpha value is -4.08. The van der Waals surface area contributed by atoms with Crippen molar-refractivity contribution < 1.29 is 28.1 Å². The summed E-state index contributed by atoms with van der Waals surface area (Å²) < 4.78 is 23.3. The molecule has 0 aliphatic carbocycles. The van der Waals surface area contributed by atoms with Crippen LogP contribution in [0.15, 0.2) is 57.7 Å². The number of fused-ring (bicyclic) bond motifs is 1. The number of anilines is 1. The summed E-state index contributed by atoms with van der Waals surface area (Å²) in [5, 5.41) is 13.2. The normalized spacial score (nSPS) is 10.5. The Balaban J connectivity index is 1.66. The first-order valence-electron chi connectivity index (χ1n) is 7.79. The number of nitrogens with zero attached hydrogens (tertiary/aromatic N) is 1. The number of esters is 1. The maximum Gasteiger partial charge on any atom is 0.374 e. The van der Waals surface area contributed by atoms with Crippen LogP contribution >= 0.6 is 0 Å². The van der Waals surface area contributed by atoms with Gasteiger partial charge in [0.25, 0.3) is 5.91 Å². The molecule has 0 bridgehead atoms. The van der Waals surface area contributed by atoms with Gasteiger partial charge >= 0.3 is 11.7 Å². The number of carbonyl (C=O) groups excluding carboxylic acids is 2. The van der Waals surface area contributed by atoms with Gasteiger partial charge in [-0.15, -0.1) is 0 Å². The van der Waals surface area contributed by atoms with Crippen molar-refractivity contribution >= 4 is 34.2 Å². The van der Waals surface area contributed by atoms with Crippen LogP contribution in [-0.4, -0.2) is 23.4 Å². The Morgan fingerprint density at radius 1 is 1.18 bits per heavy atom. The van der Waals surface area contributed by atoms with Crippen molar-refractivity contribution in [3.8, 4) is 0 Å². The zero-order chi connectivity index (χ0) is 20.3. The number of para-hydroxylation sites is 1. The molecule has 1 aromatic heterocycles. The van der Waals surface area contributed by atoms with Crippen LogP contribution in [0.25, 0.3) is 11.0 Å². The van der Waals surface area contributed by atoms with E-state index in [1.54, 1.807) is 12.1 Å². The number of hydrogen-bond donors (Lipinski definition) is 1. The van der Waals surface area contributed by atoms with Gasteiger partial charge in [0.05, 0.1) is 10.3 Å². The zero-order valence-corrected chi connectivity index (χ0v) is 14.0. The highest BCUT2D eigenvalue weighted by molar-refractivity contribution is 5.95. The van der Waals surface area contributed by atoms with Gasteiger partial charge in [-0.05, 0) is 24.3 Å². The second-order valence-corrected chi connectivity index (χ2v) is 5.52. The summed E-state index contributed by atoms with van der Waals surface area (Å²) in [7, 11) is 0. The van der Waals surface area contributed by atoms with E-state index >= 15 is 0 Å². The quantitative estimate of drug-likeness (QED) is 0.405. The van der Waals surface area contributed by atoms with Crippen molar-refractivity contribution in [1.29, 1.82) is 0 Å². The minimum absolute atomic E-state index is 0.0496. The van der Waals surface area contributed by atoms with Crippen LogP contribution in [0.5, 0.6) is 0 Å². The summed E-state index contributed by atoms with van der Waals surface area (Å²) in [5.74, 6) is -3.30. The third-order valence-corrected chi connectivity index (χ3v) is 3.60. The van der Waals surface area contributed by atoms with E-state index in [0.29, 0.717) is 0 Å². The van der Waals surface area contributed by atoms with E-state index in [0.717, 1.165) is 24.3 Å². The number of nitro groups is 1. The molecule has 2 aromatic carbocycles. The van der Waals surface area contributed by atoms with Crippen LogP contribution in [0.3, 0.4) is 0 Å². The molecule has 0 radical (unpaired) electrons. The van der Waals surface area contributed by atoms with E-state index in [1.165, 1.54) is 12.1 Å². The first-order valence-corrected chi connectivity index (χ1v) is 7.79. The largest absolute Gasteiger partial charge is 0.450 e. The Bertz CT molecular complexity index is 1160. The van der Waals surface area contributed by atoms with Crippen LogP contribution in [0.1, 0.15) is 10.6 Å². The fourth-order valence-corrected chi connectivity index (χ4v) is 2.33. The minimum atomic E-state index is -1.05. The monoisotopic (exact) mass is 386 g/mol. The summed E-state index contributed by atoms with van der Waals surface area (Å²) in [6, 6.07) is 10.0. The number of nitro benzene ring substituents is 1. The molecule has 0 saturated heterocycles. The van der Waals surface area contributed by atoms with Gasteiger partial charge in [0, 0.05) is 17.8 Å². The summed E-state index contributed by atoms with van der Waals surface area (Å²) in [4.78, 5) is 45.6. The molecular weight excluding hydrogens is 375 g/mol. The number of hydrogen-bond acceptors (Lipinski definition) is 7. The van der Waals surface area contributed by atoms with Crippen molar-refractivity contribution in [2.45, 2.75) is 0 Å². The average Bonchev–Trinajstić information content (AvgIpc) is 2.67. The van der Waals surface area contributed by atoms with Gasteiger partial charge < -0.3 is 14.5 Å². The first kappa shape index (κ1) is 18.7. The third kappa shape index (κ3) is 4.01. The molecule has 28 heavy (non-hydrogen) atoms. The van der Waals surface area contributed by atoms with Gasteiger partial charge in [-0.3, -0.25) is 19.7 Å². The summed E-state index contributed by atoms with van der Waals surface area (Å²) in [6.45, 7) is -0.749. The Morgan fingerprint density at radius 2 is 1.93 bits per heavy atom. The number of carbonyl (C=O) groups is 2. The highest BCUT2D eigenvalue weighted by Gasteiger charge is 2.17. The summed E-state index contributed by atoms with van der Waals surface area (Å²) in [5.41, 5.74) is -1.12. The highest BCUT2D eigenvalue weighted by Crippen LogP contribution is 2.21. The first-order chi connectivity index (χ1) is 13.3. The van der Waals surface area contributed by atoms with E-state index in [9.17, 15) is 28.9 Å². The molecule has 1 N–H and O–H groups in total.